The fourth-order valence-corrected chi connectivity index (χ4v) is 5.61. The van der Waals surface area contributed by atoms with Crippen LogP contribution in [0.25, 0.3) is 0 Å². The van der Waals surface area contributed by atoms with Crippen molar-refractivity contribution in [3.63, 3.8) is 0 Å². The summed E-state index contributed by atoms with van der Waals surface area (Å²) in [6.07, 6.45) is 0. The van der Waals surface area contributed by atoms with Gasteiger partial charge in [0.2, 0.25) is 8.32 Å². The van der Waals surface area contributed by atoms with Gasteiger partial charge in [0, 0.05) is 23.1 Å². The van der Waals surface area contributed by atoms with Crippen LogP contribution in [0.3, 0.4) is 0 Å². The van der Waals surface area contributed by atoms with Gasteiger partial charge >= 0.3 is 5.97 Å². The van der Waals surface area contributed by atoms with E-state index in [0.29, 0.717) is 50.3 Å². The molecular formula is C22H30BrN3O5S2Si. The Morgan fingerprint density at radius 3 is 2.53 bits per heavy atom. The molecule has 0 aliphatic rings. The first-order valence-electron chi connectivity index (χ1n) is 10.5. The number of nitrogens with zero attached hydrogens (tertiary/aromatic N) is 3. The predicted molar refractivity (Wildman–Crippen MR) is 143 cm³/mol. The van der Waals surface area contributed by atoms with Crippen molar-refractivity contribution in [2.24, 2.45) is 4.99 Å². The van der Waals surface area contributed by atoms with Gasteiger partial charge in [-0.15, -0.1) is 0 Å². The van der Waals surface area contributed by atoms with Crippen molar-refractivity contribution in [2.75, 3.05) is 20.0 Å². The smallest absolute Gasteiger partial charge is 0.339 e. The molecule has 34 heavy (non-hydrogen) atoms. The van der Waals surface area contributed by atoms with Crippen LogP contribution in [0.15, 0.2) is 20.1 Å². The van der Waals surface area contributed by atoms with Crippen molar-refractivity contribution in [2.45, 2.75) is 57.6 Å². The Morgan fingerprint density at radius 2 is 2.03 bits per heavy atom. The summed E-state index contributed by atoms with van der Waals surface area (Å²) in [5.41, 5.74) is 1.08. The molecule has 186 valence electrons. The Morgan fingerprint density at radius 1 is 1.35 bits per heavy atom. The second-order valence-corrected chi connectivity index (χ2v) is 15.8. The third kappa shape index (κ3) is 6.69. The van der Waals surface area contributed by atoms with Gasteiger partial charge in [-0.2, -0.15) is 16.7 Å². The maximum atomic E-state index is 12.8. The zero-order chi connectivity index (χ0) is 25.7. The molecule has 1 heterocycles. The van der Waals surface area contributed by atoms with Crippen LogP contribution in [0.2, 0.25) is 18.1 Å². The van der Waals surface area contributed by atoms with Crippen molar-refractivity contribution < 1.29 is 23.2 Å². The number of ether oxygens (including phenoxy) is 2. The number of thioether (sulfide) groups is 1. The van der Waals surface area contributed by atoms with E-state index in [2.05, 4.69) is 70.1 Å². The second-order valence-electron chi connectivity index (χ2n) is 9.03. The number of aryl methyl sites for hydroxylation is 1. The fourth-order valence-electron chi connectivity index (χ4n) is 2.72. The molecule has 1 aromatic carbocycles. The van der Waals surface area contributed by atoms with Crippen molar-refractivity contribution in [3.8, 4) is 11.5 Å². The number of isothiocyanates is 1. The SMILES string of the molecule is COC(=O)c1c(Br)c(OC)cc(O[Si](C)(C)C(C)(C)C)c1CSC[C@H](N=C=S)c1nc(C)no1. The Balaban J connectivity index is 2.49. The summed E-state index contributed by atoms with van der Waals surface area (Å²) in [6.45, 7) is 12.5. The summed E-state index contributed by atoms with van der Waals surface area (Å²) in [5.74, 6) is 2.41. The lowest BCUT2D eigenvalue weighted by Crippen LogP contribution is -2.44. The minimum absolute atomic E-state index is 0.0436. The van der Waals surface area contributed by atoms with Crippen molar-refractivity contribution in [1.82, 2.24) is 10.1 Å². The van der Waals surface area contributed by atoms with E-state index in [4.69, 9.17) is 30.6 Å². The molecule has 0 radical (unpaired) electrons. The molecule has 0 fully saturated rings. The number of carbonyl (C=O) groups is 1. The van der Waals surface area contributed by atoms with E-state index in [0.717, 1.165) is 0 Å². The molecule has 0 unspecified atom stereocenters. The number of hydrogen-bond acceptors (Lipinski definition) is 10. The van der Waals surface area contributed by atoms with Crippen LogP contribution in [0.4, 0.5) is 0 Å². The van der Waals surface area contributed by atoms with Gasteiger partial charge in [0.1, 0.15) is 17.5 Å². The van der Waals surface area contributed by atoms with Crippen LogP contribution in [-0.4, -0.2) is 49.6 Å². The first kappa shape index (κ1) is 28.5. The van der Waals surface area contributed by atoms with Crippen molar-refractivity contribution >= 4 is 59.4 Å². The molecule has 1 atom stereocenters. The van der Waals surface area contributed by atoms with Gasteiger partial charge in [-0.1, -0.05) is 25.9 Å². The molecule has 0 aliphatic heterocycles. The molecule has 8 nitrogen and oxygen atoms in total. The zero-order valence-electron chi connectivity index (χ0n) is 20.6. The van der Waals surface area contributed by atoms with E-state index in [1.165, 1.54) is 18.9 Å². The maximum absolute atomic E-state index is 12.8. The Bertz CT molecular complexity index is 1080. The average Bonchev–Trinajstić information content (AvgIpc) is 3.19. The van der Waals surface area contributed by atoms with Gasteiger partial charge in [0.25, 0.3) is 5.89 Å². The number of aliphatic imine (C=N–C) groups is 1. The van der Waals surface area contributed by atoms with E-state index in [9.17, 15) is 4.79 Å². The summed E-state index contributed by atoms with van der Waals surface area (Å²) in [4.78, 5) is 21.3. The van der Waals surface area contributed by atoms with Gasteiger partial charge in [-0.05, 0) is 53.2 Å². The first-order chi connectivity index (χ1) is 15.9. The summed E-state index contributed by atoms with van der Waals surface area (Å²) >= 11 is 9.84. The van der Waals surface area contributed by atoms with Crippen LogP contribution in [0.1, 0.15) is 54.4 Å². The molecule has 0 saturated carbocycles. The standard InChI is InChI=1S/C22H30BrN3O5S2Si/c1-13-25-20(30-26-13)15(24-12-32)11-33-10-14-16(31-34(7,8)22(2,3)4)9-17(28-5)19(23)18(14)21(27)29-6/h9,15H,10-11H2,1-8H3/t15-/m0/s1. The normalized spacial score (nSPS) is 12.6. The molecule has 0 saturated heterocycles. The molecule has 2 rings (SSSR count). The first-order valence-corrected chi connectivity index (χ1v) is 15.7. The third-order valence-corrected chi connectivity index (χ3v) is 11.9. The number of thiocarbonyl (C=S) groups is 1. The molecule has 0 aliphatic carbocycles. The topological polar surface area (TPSA) is 96.0 Å². The monoisotopic (exact) mass is 587 g/mol. The fraction of sp³-hybridized carbons (Fsp3) is 0.545. The largest absolute Gasteiger partial charge is 0.543 e. The van der Waals surface area contributed by atoms with Crippen LogP contribution < -0.4 is 9.16 Å². The van der Waals surface area contributed by atoms with E-state index in [1.54, 1.807) is 14.0 Å². The van der Waals surface area contributed by atoms with Crippen LogP contribution in [0.5, 0.6) is 11.5 Å². The molecule has 0 amide bonds. The number of benzene rings is 1. The van der Waals surface area contributed by atoms with E-state index in [1.807, 2.05) is 6.07 Å². The Kier molecular flexibility index (Phi) is 9.90. The lowest BCUT2D eigenvalue weighted by molar-refractivity contribution is 0.0598. The van der Waals surface area contributed by atoms with Crippen LogP contribution in [-0.2, 0) is 10.5 Å². The highest BCUT2D eigenvalue weighted by Gasteiger charge is 2.40. The summed E-state index contributed by atoms with van der Waals surface area (Å²) < 4.78 is 23.0. The van der Waals surface area contributed by atoms with Crippen molar-refractivity contribution in [3.05, 3.63) is 33.4 Å². The minimum atomic E-state index is -2.23. The third-order valence-electron chi connectivity index (χ3n) is 5.64. The van der Waals surface area contributed by atoms with Gasteiger partial charge in [0.15, 0.2) is 5.82 Å². The van der Waals surface area contributed by atoms with Crippen LogP contribution in [0, 0.1) is 6.92 Å². The number of aromatic nitrogens is 2. The highest BCUT2D eigenvalue weighted by atomic mass is 79.9. The minimum Gasteiger partial charge on any atom is -0.543 e. The lowest BCUT2D eigenvalue weighted by atomic mass is 10.1. The summed E-state index contributed by atoms with van der Waals surface area (Å²) in [5, 5.41) is 6.18. The Hall–Kier alpha value is -1.72. The zero-order valence-corrected chi connectivity index (χ0v) is 24.9. The summed E-state index contributed by atoms with van der Waals surface area (Å²) in [6, 6.07) is 1.37. The van der Waals surface area contributed by atoms with Gasteiger partial charge in [-0.3, -0.25) is 0 Å². The molecular weight excluding hydrogens is 558 g/mol. The van der Waals surface area contributed by atoms with Crippen LogP contribution >= 0.6 is 39.9 Å². The highest BCUT2D eigenvalue weighted by Crippen LogP contribution is 2.44. The summed E-state index contributed by atoms with van der Waals surface area (Å²) in [7, 11) is 0.667. The molecule has 2 aromatic rings. The van der Waals surface area contributed by atoms with Gasteiger partial charge in [0.05, 0.1) is 29.4 Å². The molecule has 0 spiro atoms. The Labute approximate surface area is 219 Å². The number of esters is 1. The van der Waals surface area contributed by atoms with E-state index < -0.39 is 20.3 Å². The number of rotatable bonds is 10. The lowest BCUT2D eigenvalue weighted by Gasteiger charge is -2.37. The molecule has 12 heteroatoms. The highest BCUT2D eigenvalue weighted by molar-refractivity contribution is 9.10. The second kappa shape index (κ2) is 11.8. The maximum Gasteiger partial charge on any atom is 0.339 e. The number of hydrogen-bond donors (Lipinski definition) is 0. The number of carbonyl (C=O) groups excluding carboxylic acids is 1. The molecule has 0 N–H and O–H groups in total. The van der Waals surface area contributed by atoms with Gasteiger partial charge < -0.3 is 18.4 Å². The van der Waals surface area contributed by atoms with Gasteiger partial charge in [-0.25, -0.2) is 9.79 Å². The molecule has 0 bridgehead atoms. The predicted octanol–water partition coefficient (Wildman–Crippen LogP) is 6.40. The van der Waals surface area contributed by atoms with E-state index in [-0.39, 0.29) is 5.04 Å². The number of methoxy groups -OCH3 is 2. The average molecular weight is 589 g/mol. The quantitative estimate of drug-likeness (QED) is 0.135. The van der Waals surface area contributed by atoms with E-state index >= 15 is 0 Å². The molecule has 1 aromatic heterocycles. The van der Waals surface area contributed by atoms with Crippen molar-refractivity contribution in [1.29, 1.82) is 0 Å². The number of halogens is 1.